The molecular weight excluding hydrogens is 412 g/mol. The van der Waals surface area contributed by atoms with E-state index in [1.807, 2.05) is 10.8 Å². The third-order valence-electron chi connectivity index (χ3n) is 4.61. The van der Waals surface area contributed by atoms with Crippen molar-refractivity contribution in [3.8, 4) is 11.4 Å². The van der Waals surface area contributed by atoms with E-state index >= 15 is 0 Å². The van der Waals surface area contributed by atoms with Gasteiger partial charge in [-0.1, -0.05) is 6.92 Å². The molecular formula is C18H28N6O5S. The molecule has 2 atom stereocenters. The number of sulfonamides is 1. The first-order valence-electron chi connectivity index (χ1n) is 9.49. The summed E-state index contributed by atoms with van der Waals surface area (Å²) >= 11 is 0. The second kappa shape index (κ2) is 11.0. The molecule has 0 bridgehead atoms. The van der Waals surface area contributed by atoms with Gasteiger partial charge in [0.1, 0.15) is 5.82 Å². The number of imidazole rings is 1. The molecule has 2 aromatic rings. The topological polar surface area (TPSA) is 140 Å². The first kappa shape index (κ1) is 23.7. The van der Waals surface area contributed by atoms with Crippen LogP contribution in [0.2, 0.25) is 0 Å². The van der Waals surface area contributed by atoms with E-state index in [-0.39, 0.29) is 24.2 Å². The highest BCUT2D eigenvalue weighted by molar-refractivity contribution is 7.89. The molecule has 0 unspecified atom stereocenters. The lowest BCUT2D eigenvalue weighted by molar-refractivity contribution is -0.122. The van der Waals surface area contributed by atoms with Gasteiger partial charge in [-0.05, 0) is 6.42 Å². The predicted molar refractivity (Wildman–Crippen MR) is 112 cm³/mol. The summed E-state index contributed by atoms with van der Waals surface area (Å²) in [6, 6.07) is -0.102. The smallest absolute Gasteiger partial charge is 0.290 e. The quantitative estimate of drug-likeness (QED) is 0.574. The van der Waals surface area contributed by atoms with Crippen LogP contribution >= 0.6 is 0 Å². The van der Waals surface area contributed by atoms with Gasteiger partial charge in [0.15, 0.2) is 0 Å². The Labute approximate surface area is 176 Å². The van der Waals surface area contributed by atoms with Crippen molar-refractivity contribution in [1.29, 1.82) is 0 Å². The van der Waals surface area contributed by atoms with E-state index in [9.17, 15) is 8.42 Å². The molecule has 1 fully saturated rings. The first-order valence-corrected chi connectivity index (χ1v) is 11.1. The Bertz CT molecular complexity index is 900. The van der Waals surface area contributed by atoms with Crippen LogP contribution in [0.1, 0.15) is 19.4 Å². The minimum absolute atomic E-state index is 0.0403. The largest absolute Gasteiger partial charge is 0.483 e. The maximum absolute atomic E-state index is 12.3. The van der Waals surface area contributed by atoms with E-state index in [1.165, 1.54) is 4.31 Å². The van der Waals surface area contributed by atoms with E-state index in [2.05, 4.69) is 27.2 Å². The summed E-state index contributed by atoms with van der Waals surface area (Å²) in [4.78, 5) is 21.5. The Hall–Kier alpha value is -2.57. The fourth-order valence-corrected chi connectivity index (χ4v) is 4.21. The third kappa shape index (κ3) is 5.97. The zero-order valence-electron chi connectivity index (χ0n) is 17.3. The number of hydrogen-bond acceptors (Lipinski definition) is 8. The van der Waals surface area contributed by atoms with Gasteiger partial charge in [-0.2, -0.15) is 0 Å². The molecule has 0 aromatic carbocycles. The van der Waals surface area contributed by atoms with E-state index in [0.717, 1.165) is 18.5 Å². The highest BCUT2D eigenvalue weighted by Crippen LogP contribution is 2.31. The van der Waals surface area contributed by atoms with Crippen LogP contribution in [0.15, 0.2) is 24.8 Å². The Balaban J connectivity index is 0.00000101. The Morgan fingerprint density at radius 1 is 1.30 bits per heavy atom. The van der Waals surface area contributed by atoms with Crippen molar-refractivity contribution in [2.24, 2.45) is 5.92 Å². The highest BCUT2D eigenvalue weighted by atomic mass is 32.2. The van der Waals surface area contributed by atoms with Gasteiger partial charge >= 0.3 is 0 Å². The second-order valence-corrected chi connectivity index (χ2v) is 9.14. The molecule has 12 heteroatoms. The van der Waals surface area contributed by atoms with Crippen molar-refractivity contribution >= 4 is 22.4 Å². The fraction of sp³-hybridized carbons (Fsp3) is 0.556. The monoisotopic (exact) mass is 440 g/mol. The zero-order chi connectivity index (χ0) is 22.1. The van der Waals surface area contributed by atoms with Crippen molar-refractivity contribution < 1.29 is 23.1 Å². The van der Waals surface area contributed by atoms with Crippen LogP contribution < -0.4 is 5.32 Å². The molecule has 0 radical (unpaired) electrons. The lowest BCUT2D eigenvalue weighted by Crippen LogP contribution is -2.32. The molecule has 1 saturated heterocycles. The second-order valence-electron chi connectivity index (χ2n) is 6.91. The number of carboxylic acid groups (broad SMARTS) is 1. The summed E-state index contributed by atoms with van der Waals surface area (Å²) in [5, 5.41) is 10.0. The molecule has 30 heavy (non-hydrogen) atoms. The Kier molecular flexibility index (Phi) is 8.69. The Morgan fingerprint density at radius 2 is 1.97 bits per heavy atom. The molecule has 0 aliphatic carbocycles. The summed E-state index contributed by atoms with van der Waals surface area (Å²) in [6.45, 7) is 3.50. The maximum atomic E-state index is 12.3. The van der Waals surface area contributed by atoms with Gasteiger partial charge in [0.05, 0.1) is 30.6 Å². The molecule has 11 nitrogen and oxygen atoms in total. The van der Waals surface area contributed by atoms with Crippen LogP contribution in [0, 0.1) is 5.92 Å². The van der Waals surface area contributed by atoms with Gasteiger partial charge in [0.2, 0.25) is 16.0 Å². The lowest BCUT2D eigenvalue weighted by Gasteiger charge is -2.22. The molecule has 0 amide bonds. The standard InChI is InChI=1S/C17H26N6O3S.CH2O2/c1-4-5-19-17-20-8-13(9-21-17)16-18-6-7-23(16)15-11-26-10-14(15)12-27(24,25)22(2)3;2-1-3/h6-9,14-15H,4-5,10-12H2,1-3H3,(H,19,20,21);1H,(H,2,3)/t14-,15+;/m0./s1. The van der Waals surface area contributed by atoms with Crippen LogP contribution in [0.4, 0.5) is 5.95 Å². The minimum atomic E-state index is -3.31. The van der Waals surface area contributed by atoms with Gasteiger partial charge in [0.25, 0.3) is 6.47 Å². The average Bonchev–Trinajstić information content (AvgIpc) is 3.36. The molecule has 0 spiro atoms. The number of ether oxygens (including phenoxy) is 1. The fourth-order valence-electron chi connectivity index (χ4n) is 3.05. The number of nitrogens with zero attached hydrogens (tertiary/aromatic N) is 5. The SMILES string of the molecule is CCCNc1ncc(-c2nccn2[C@@H]2COC[C@H]2CS(=O)(=O)N(C)C)cn1.O=CO. The molecule has 1 aliphatic rings. The van der Waals surface area contributed by atoms with Crippen molar-refractivity contribution in [2.75, 3.05) is 44.9 Å². The summed E-state index contributed by atoms with van der Waals surface area (Å²) < 4.78 is 33.4. The van der Waals surface area contributed by atoms with E-state index in [0.29, 0.717) is 25.0 Å². The normalized spacial score (nSPS) is 18.7. The van der Waals surface area contributed by atoms with Gasteiger partial charge in [-0.25, -0.2) is 27.7 Å². The number of hydrogen-bond donors (Lipinski definition) is 2. The molecule has 166 valence electrons. The summed E-state index contributed by atoms with van der Waals surface area (Å²) in [7, 11) is -0.211. The molecule has 2 aromatic heterocycles. The number of aromatic nitrogens is 4. The molecule has 3 rings (SSSR count). The molecule has 0 saturated carbocycles. The Morgan fingerprint density at radius 3 is 2.57 bits per heavy atom. The van der Waals surface area contributed by atoms with Crippen LogP contribution in [0.5, 0.6) is 0 Å². The van der Waals surface area contributed by atoms with E-state index in [4.69, 9.17) is 14.6 Å². The minimum Gasteiger partial charge on any atom is -0.483 e. The third-order valence-corrected chi connectivity index (χ3v) is 6.58. The van der Waals surface area contributed by atoms with Crippen molar-refractivity contribution in [3.05, 3.63) is 24.8 Å². The van der Waals surface area contributed by atoms with Gasteiger partial charge < -0.3 is 19.7 Å². The summed E-state index contributed by atoms with van der Waals surface area (Å²) in [6.07, 6.45) is 8.01. The maximum Gasteiger partial charge on any atom is 0.290 e. The number of rotatable bonds is 8. The van der Waals surface area contributed by atoms with Gasteiger partial charge in [-0.15, -0.1) is 0 Å². The predicted octanol–water partition coefficient (Wildman–Crippen LogP) is 0.942. The summed E-state index contributed by atoms with van der Waals surface area (Å²) in [5.41, 5.74) is 0.781. The zero-order valence-corrected chi connectivity index (χ0v) is 18.1. The van der Waals surface area contributed by atoms with Crippen molar-refractivity contribution in [1.82, 2.24) is 23.8 Å². The van der Waals surface area contributed by atoms with E-state index in [1.54, 1.807) is 32.7 Å². The highest BCUT2D eigenvalue weighted by Gasteiger charge is 2.35. The van der Waals surface area contributed by atoms with Crippen molar-refractivity contribution in [3.63, 3.8) is 0 Å². The molecule has 1 aliphatic heterocycles. The van der Waals surface area contributed by atoms with Crippen LogP contribution in [-0.2, 0) is 19.6 Å². The number of anilines is 1. The van der Waals surface area contributed by atoms with Crippen LogP contribution in [0.25, 0.3) is 11.4 Å². The first-order chi connectivity index (χ1) is 14.3. The van der Waals surface area contributed by atoms with E-state index < -0.39 is 10.0 Å². The lowest BCUT2D eigenvalue weighted by atomic mass is 10.1. The van der Waals surface area contributed by atoms with Crippen LogP contribution in [-0.4, -0.2) is 83.4 Å². The van der Waals surface area contributed by atoms with Gasteiger partial charge in [-0.3, -0.25) is 4.79 Å². The number of nitrogens with one attached hydrogen (secondary N) is 1. The molecule has 2 N–H and O–H groups in total. The molecule has 3 heterocycles. The number of carbonyl (C=O) groups is 1. The summed E-state index contributed by atoms with van der Waals surface area (Å²) in [5.74, 6) is 1.19. The van der Waals surface area contributed by atoms with Crippen LogP contribution in [0.3, 0.4) is 0 Å². The van der Waals surface area contributed by atoms with Crippen molar-refractivity contribution in [2.45, 2.75) is 19.4 Å². The van der Waals surface area contributed by atoms with Gasteiger partial charge in [0, 0.05) is 51.3 Å². The average molecular weight is 441 g/mol.